The summed E-state index contributed by atoms with van der Waals surface area (Å²) in [6, 6.07) is 19.2. The largest absolute Gasteiger partial charge is 0.326 e. The third-order valence-electron chi connectivity index (χ3n) is 5.70. The van der Waals surface area contributed by atoms with Gasteiger partial charge in [-0.15, -0.1) is 11.3 Å². The van der Waals surface area contributed by atoms with Gasteiger partial charge in [-0.3, -0.25) is 9.69 Å². The van der Waals surface area contributed by atoms with Crippen molar-refractivity contribution < 1.29 is 4.79 Å². The molecular formula is C25H29N3OS. The summed E-state index contributed by atoms with van der Waals surface area (Å²) in [5.74, 6) is -0.0241. The fourth-order valence-electron chi connectivity index (χ4n) is 3.97. The van der Waals surface area contributed by atoms with Gasteiger partial charge in [0.05, 0.1) is 17.1 Å². The maximum absolute atomic E-state index is 12.4. The Kier molecular flexibility index (Phi) is 6.92. The zero-order chi connectivity index (χ0) is 20.8. The first-order chi connectivity index (χ1) is 14.7. The molecule has 1 fully saturated rings. The molecule has 4 nitrogen and oxygen atoms in total. The van der Waals surface area contributed by atoms with Crippen molar-refractivity contribution in [3.05, 3.63) is 81.8 Å². The van der Waals surface area contributed by atoms with Crippen LogP contribution >= 0.6 is 11.3 Å². The Balaban J connectivity index is 1.28. The van der Waals surface area contributed by atoms with Gasteiger partial charge < -0.3 is 5.32 Å². The number of likely N-dealkylation sites (tertiary alicyclic amines) is 1. The van der Waals surface area contributed by atoms with Crippen molar-refractivity contribution in [3.8, 4) is 0 Å². The number of hydrogen-bond acceptors (Lipinski definition) is 4. The fraction of sp³-hybridized carbons (Fsp3) is 0.360. The molecule has 2 aromatic carbocycles. The number of amides is 1. The van der Waals surface area contributed by atoms with Crippen LogP contribution in [0.25, 0.3) is 0 Å². The maximum Gasteiger partial charge on any atom is 0.230 e. The highest BCUT2D eigenvalue weighted by atomic mass is 32.1. The molecule has 1 unspecified atom stereocenters. The van der Waals surface area contributed by atoms with Crippen molar-refractivity contribution in [2.45, 2.75) is 51.6 Å². The van der Waals surface area contributed by atoms with Gasteiger partial charge >= 0.3 is 0 Å². The van der Waals surface area contributed by atoms with E-state index in [9.17, 15) is 4.79 Å². The van der Waals surface area contributed by atoms with Crippen molar-refractivity contribution in [1.29, 1.82) is 0 Å². The first kappa shape index (κ1) is 20.8. The summed E-state index contributed by atoms with van der Waals surface area (Å²) in [4.78, 5) is 19.6. The summed E-state index contributed by atoms with van der Waals surface area (Å²) >= 11 is 1.62. The quantitative estimate of drug-likeness (QED) is 0.566. The van der Waals surface area contributed by atoms with E-state index in [1.165, 1.54) is 36.9 Å². The molecule has 0 saturated carbocycles. The number of piperidine rings is 1. The average Bonchev–Trinajstić information content (AvgIpc) is 3.18. The Morgan fingerprint density at radius 3 is 2.67 bits per heavy atom. The molecule has 0 radical (unpaired) electrons. The molecule has 1 aromatic heterocycles. The van der Waals surface area contributed by atoms with Gasteiger partial charge in [0.15, 0.2) is 0 Å². The summed E-state index contributed by atoms with van der Waals surface area (Å²) in [5, 5.41) is 6.03. The zero-order valence-electron chi connectivity index (χ0n) is 17.5. The molecular weight excluding hydrogens is 390 g/mol. The van der Waals surface area contributed by atoms with E-state index in [4.69, 9.17) is 0 Å². The molecule has 1 N–H and O–H groups in total. The summed E-state index contributed by atoms with van der Waals surface area (Å²) < 4.78 is 0. The molecule has 0 aliphatic carbocycles. The number of aromatic nitrogens is 1. The number of nitrogens with zero attached hydrogens (tertiary/aromatic N) is 2. The second-order valence-corrected chi connectivity index (χ2v) is 9.07. The van der Waals surface area contributed by atoms with Crippen LogP contribution in [0.1, 0.15) is 48.0 Å². The predicted molar refractivity (Wildman–Crippen MR) is 124 cm³/mol. The second-order valence-electron chi connectivity index (χ2n) is 8.13. The predicted octanol–water partition coefficient (Wildman–Crippen LogP) is 5.29. The van der Waals surface area contributed by atoms with E-state index in [1.54, 1.807) is 11.3 Å². The highest BCUT2D eigenvalue weighted by Crippen LogP contribution is 2.20. The Morgan fingerprint density at radius 2 is 1.90 bits per heavy atom. The number of anilines is 1. The van der Waals surface area contributed by atoms with Crippen molar-refractivity contribution in [1.82, 2.24) is 9.88 Å². The van der Waals surface area contributed by atoms with Crippen LogP contribution in [0.4, 0.5) is 5.69 Å². The molecule has 156 valence electrons. The van der Waals surface area contributed by atoms with E-state index in [0.717, 1.165) is 29.4 Å². The fourth-order valence-corrected chi connectivity index (χ4v) is 4.80. The normalized spacial score (nSPS) is 17.0. The molecule has 4 rings (SSSR count). The van der Waals surface area contributed by atoms with E-state index >= 15 is 0 Å². The van der Waals surface area contributed by atoms with Gasteiger partial charge in [0.25, 0.3) is 0 Å². The first-order valence-corrected chi connectivity index (χ1v) is 11.6. The molecule has 0 spiro atoms. The van der Waals surface area contributed by atoms with Gasteiger partial charge in [0.1, 0.15) is 0 Å². The van der Waals surface area contributed by atoms with Gasteiger partial charge in [0, 0.05) is 30.1 Å². The highest BCUT2D eigenvalue weighted by molar-refractivity contribution is 7.09. The molecule has 0 bridgehead atoms. The maximum atomic E-state index is 12.4. The van der Waals surface area contributed by atoms with Crippen LogP contribution in [0.3, 0.4) is 0 Å². The highest BCUT2D eigenvalue weighted by Gasteiger charge is 2.18. The molecule has 30 heavy (non-hydrogen) atoms. The lowest BCUT2D eigenvalue weighted by atomic mass is 10.0. The molecule has 1 atom stereocenters. The molecule has 1 aliphatic rings. The lowest BCUT2D eigenvalue weighted by molar-refractivity contribution is -0.115. The zero-order valence-corrected chi connectivity index (χ0v) is 18.3. The van der Waals surface area contributed by atoms with Crippen molar-refractivity contribution >= 4 is 22.9 Å². The Bertz CT molecular complexity index is 952. The number of carbonyl (C=O) groups excluding carboxylic acids is 1. The minimum atomic E-state index is -0.0241. The molecule has 3 aromatic rings. The van der Waals surface area contributed by atoms with Crippen LogP contribution in [0.5, 0.6) is 0 Å². The van der Waals surface area contributed by atoms with E-state index in [-0.39, 0.29) is 5.91 Å². The monoisotopic (exact) mass is 419 g/mol. The van der Waals surface area contributed by atoms with Crippen LogP contribution in [0.2, 0.25) is 0 Å². The van der Waals surface area contributed by atoms with Gasteiger partial charge in [-0.25, -0.2) is 4.98 Å². The molecule has 1 saturated heterocycles. The SMILES string of the molecule is CC1CCCCN1Cc1ccc(NC(=O)Cc2csc(Cc3ccccc3)n2)cc1. The third-order valence-corrected chi connectivity index (χ3v) is 6.60. The minimum Gasteiger partial charge on any atom is -0.326 e. The average molecular weight is 420 g/mol. The first-order valence-electron chi connectivity index (χ1n) is 10.8. The topological polar surface area (TPSA) is 45.2 Å². The van der Waals surface area contributed by atoms with Crippen LogP contribution in [0, 0.1) is 0 Å². The summed E-state index contributed by atoms with van der Waals surface area (Å²) in [6.45, 7) is 4.48. The summed E-state index contributed by atoms with van der Waals surface area (Å²) in [5.41, 5.74) is 4.21. The Labute approximate surface area is 183 Å². The van der Waals surface area contributed by atoms with Crippen LogP contribution in [-0.2, 0) is 24.2 Å². The summed E-state index contributed by atoms with van der Waals surface area (Å²) in [6.07, 6.45) is 5.04. The van der Waals surface area contributed by atoms with Crippen LogP contribution in [-0.4, -0.2) is 28.4 Å². The number of nitrogens with one attached hydrogen (secondary N) is 1. The van der Waals surface area contributed by atoms with E-state index in [2.05, 4.69) is 46.4 Å². The van der Waals surface area contributed by atoms with Gasteiger partial charge in [-0.1, -0.05) is 48.9 Å². The molecule has 2 heterocycles. The number of carbonyl (C=O) groups is 1. The van der Waals surface area contributed by atoms with E-state index < -0.39 is 0 Å². The van der Waals surface area contributed by atoms with Crippen molar-refractivity contribution in [2.75, 3.05) is 11.9 Å². The van der Waals surface area contributed by atoms with Gasteiger partial charge in [-0.2, -0.15) is 0 Å². The molecule has 1 aliphatic heterocycles. The van der Waals surface area contributed by atoms with Crippen molar-refractivity contribution in [2.24, 2.45) is 0 Å². The van der Waals surface area contributed by atoms with Crippen LogP contribution < -0.4 is 5.32 Å². The number of thiazole rings is 1. The summed E-state index contributed by atoms with van der Waals surface area (Å²) in [7, 11) is 0. The Morgan fingerprint density at radius 1 is 1.10 bits per heavy atom. The molecule has 1 amide bonds. The minimum absolute atomic E-state index is 0.0241. The van der Waals surface area contributed by atoms with Gasteiger partial charge in [-0.05, 0) is 49.6 Å². The second kappa shape index (κ2) is 10.0. The van der Waals surface area contributed by atoms with Crippen LogP contribution in [0.15, 0.2) is 60.0 Å². The lowest BCUT2D eigenvalue weighted by Crippen LogP contribution is -2.36. The standard InChI is InChI=1S/C25H29N3OS/c1-19-7-5-6-14-28(19)17-21-10-12-22(13-11-21)26-24(29)16-23-18-30-25(27-23)15-20-8-3-2-4-9-20/h2-4,8-13,18-19H,5-7,14-17H2,1H3,(H,26,29). The smallest absolute Gasteiger partial charge is 0.230 e. The number of benzene rings is 2. The number of rotatable bonds is 7. The van der Waals surface area contributed by atoms with E-state index in [1.807, 2.05) is 35.7 Å². The van der Waals surface area contributed by atoms with E-state index in [0.29, 0.717) is 12.5 Å². The lowest BCUT2D eigenvalue weighted by Gasteiger charge is -2.33. The third kappa shape index (κ3) is 5.77. The van der Waals surface area contributed by atoms with Crippen molar-refractivity contribution in [3.63, 3.8) is 0 Å². The number of hydrogen-bond donors (Lipinski definition) is 1. The Hall–Kier alpha value is -2.50. The van der Waals surface area contributed by atoms with Gasteiger partial charge in [0.2, 0.25) is 5.91 Å². The molecule has 5 heteroatoms.